The highest BCUT2D eigenvalue weighted by molar-refractivity contribution is 7.99. The average Bonchev–Trinajstić information content (AvgIpc) is 2.63. The van der Waals surface area contributed by atoms with E-state index in [1.165, 1.54) is 31.2 Å². The first kappa shape index (κ1) is 21.0. The Hall–Kier alpha value is -2.35. The molecule has 0 fully saturated rings. The van der Waals surface area contributed by atoms with Gasteiger partial charge in [0.1, 0.15) is 18.4 Å². The van der Waals surface area contributed by atoms with Crippen LogP contribution in [0.4, 0.5) is 4.39 Å². The number of nitrogens with zero attached hydrogens (tertiary/aromatic N) is 2. The molecular formula is C19H24FN3O3S. The summed E-state index contributed by atoms with van der Waals surface area (Å²) in [4.78, 5) is 21.4. The topological polar surface area (TPSA) is 72.8 Å². The second-order valence-electron chi connectivity index (χ2n) is 6.49. The molecule has 2 aromatic rings. The largest absolute Gasteiger partial charge is 0.470 e. The second-order valence-corrected chi connectivity index (χ2v) is 7.39. The summed E-state index contributed by atoms with van der Waals surface area (Å²) in [6.45, 7) is 5.55. The fourth-order valence-corrected chi connectivity index (χ4v) is 2.89. The maximum atomic E-state index is 14.4. The molecule has 0 saturated heterocycles. The Bertz CT molecular complexity index is 842. The Kier molecular flexibility index (Phi) is 7.01. The number of thioether (sulfide) groups is 1. The first-order chi connectivity index (χ1) is 12.8. The summed E-state index contributed by atoms with van der Waals surface area (Å²) in [5.74, 6) is -0.568. The summed E-state index contributed by atoms with van der Waals surface area (Å²) in [5, 5.41) is 7.13. The molecule has 0 bridgehead atoms. The van der Waals surface area contributed by atoms with E-state index in [-0.39, 0.29) is 17.2 Å². The van der Waals surface area contributed by atoms with Gasteiger partial charge in [0, 0.05) is 17.6 Å². The summed E-state index contributed by atoms with van der Waals surface area (Å²) in [6.07, 6.45) is 5.68. The highest BCUT2D eigenvalue weighted by atomic mass is 32.2. The molecule has 6 nitrogen and oxygen atoms in total. The van der Waals surface area contributed by atoms with Gasteiger partial charge in [0.2, 0.25) is 5.44 Å². The number of ether oxygens (including phenoxy) is 1. The van der Waals surface area contributed by atoms with Gasteiger partial charge in [0.15, 0.2) is 5.82 Å². The van der Waals surface area contributed by atoms with E-state index in [9.17, 15) is 9.18 Å². The third-order valence-corrected chi connectivity index (χ3v) is 4.51. The van der Waals surface area contributed by atoms with Gasteiger partial charge in [-0.2, -0.15) is 0 Å². The quantitative estimate of drug-likeness (QED) is 0.422. The molecule has 0 saturated carbocycles. The minimum Gasteiger partial charge on any atom is -0.470 e. The van der Waals surface area contributed by atoms with Crippen molar-refractivity contribution in [2.75, 3.05) is 13.4 Å². The number of aromatic nitrogens is 1. The van der Waals surface area contributed by atoms with Crippen LogP contribution in [0.15, 0.2) is 29.6 Å². The summed E-state index contributed by atoms with van der Waals surface area (Å²) in [6, 6.07) is 4.81. The molecular weight excluding hydrogens is 369 g/mol. The Morgan fingerprint density at radius 2 is 2.19 bits per heavy atom. The number of oxime groups is 1. The highest BCUT2D eigenvalue weighted by Crippen LogP contribution is 2.26. The Morgan fingerprint density at radius 3 is 2.81 bits per heavy atom. The molecule has 0 spiro atoms. The number of hydrogen-bond acceptors (Lipinski definition) is 6. The van der Waals surface area contributed by atoms with Crippen molar-refractivity contribution in [3.63, 3.8) is 0 Å². The average molecular weight is 393 g/mol. The lowest BCUT2D eigenvalue weighted by atomic mass is 10.1. The normalized spacial score (nSPS) is 13.0. The molecule has 0 radical (unpaired) electrons. The molecule has 146 valence electrons. The number of amides is 1. The molecule has 1 N–H and O–H groups in total. The number of nitrogens with one attached hydrogen (secondary N) is 1. The molecule has 2 rings (SSSR count). The van der Waals surface area contributed by atoms with E-state index < -0.39 is 16.8 Å². The predicted octanol–water partition coefficient (Wildman–Crippen LogP) is 3.53. The van der Waals surface area contributed by atoms with Crippen molar-refractivity contribution in [3.8, 4) is 5.75 Å². The zero-order chi connectivity index (χ0) is 20.0. The van der Waals surface area contributed by atoms with Crippen LogP contribution in [0.2, 0.25) is 0 Å². The van der Waals surface area contributed by atoms with Crippen molar-refractivity contribution < 1.29 is 18.8 Å². The molecule has 1 amide bonds. The fraction of sp³-hybridized carbons (Fsp3) is 0.421. The van der Waals surface area contributed by atoms with Crippen LogP contribution in [0.5, 0.6) is 5.75 Å². The van der Waals surface area contributed by atoms with Gasteiger partial charge in [-0.15, -0.1) is 11.8 Å². The smallest absolute Gasteiger partial charge is 0.272 e. The summed E-state index contributed by atoms with van der Waals surface area (Å²) < 4.78 is 20.1. The minimum absolute atomic E-state index is 0.271. The number of carbonyl (C=O) groups is 1. The summed E-state index contributed by atoms with van der Waals surface area (Å²) >= 11 is 1.21. The zero-order valence-electron chi connectivity index (χ0n) is 16.1. The van der Waals surface area contributed by atoms with Crippen LogP contribution < -0.4 is 10.1 Å². The standard InChI is InChI=1S/C19H24FN3O3S/c1-6-12-7-13-8-14(9-15(20)16(13)21-10-12)26-18(27-5)17(24)23-19(2,3)11-22-25-4/h7-11,18H,6H2,1-5H3,(H,23,24)/b22-11+. The molecule has 1 aromatic heterocycles. The van der Waals surface area contributed by atoms with Crippen LogP contribution in [0.3, 0.4) is 0 Å². The van der Waals surface area contributed by atoms with Crippen LogP contribution in [0.1, 0.15) is 26.3 Å². The zero-order valence-corrected chi connectivity index (χ0v) is 16.9. The van der Waals surface area contributed by atoms with Crippen molar-refractivity contribution in [2.24, 2.45) is 5.16 Å². The van der Waals surface area contributed by atoms with Crippen LogP contribution in [0.25, 0.3) is 10.9 Å². The molecule has 1 aromatic carbocycles. The molecule has 8 heteroatoms. The number of pyridine rings is 1. The van der Waals surface area contributed by atoms with Gasteiger partial charge in [0.05, 0.1) is 11.8 Å². The van der Waals surface area contributed by atoms with E-state index in [0.29, 0.717) is 5.39 Å². The van der Waals surface area contributed by atoms with E-state index >= 15 is 0 Å². The van der Waals surface area contributed by atoms with Gasteiger partial charge < -0.3 is 14.9 Å². The molecule has 0 aliphatic heterocycles. The lowest BCUT2D eigenvalue weighted by Gasteiger charge is -2.24. The van der Waals surface area contributed by atoms with Gasteiger partial charge in [-0.3, -0.25) is 9.78 Å². The number of aryl methyl sites for hydroxylation is 1. The third-order valence-electron chi connectivity index (χ3n) is 3.77. The molecule has 1 unspecified atom stereocenters. The van der Waals surface area contributed by atoms with Gasteiger partial charge in [0.25, 0.3) is 5.91 Å². The van der Waals surface area contributed by atoms with Crippen molar-refractivity contribution >= 4 is 34.8 Å². The van der Waals surface area contributed by atoms with Gasteiger partial charge in [-0.25, -0.2) is 4.39 Å². The SMILES string of the molecule is CCc1cnc2c(F)cc(OC(SC)C(=O)NC(C)(C)/C=N/OC)cc2c1. The van der Waals surface area contributed by atoms with Crippen molar-refractivity contribution in [1.82, 2.24) is 10.3 Å². The lowest BCUT2D eigenvalue weighted by molar-refractivity contribution is -0.125. The maximum Gasteiger partial charge on any atom is 0.272 e. The molecule has 0 aliphatic rings. The van der Waals surface area contributed by atoms with E-state index in [1.807, 2.05) is 13.0 Å². The number of benzene rings is 1. The number of halogens is 1. The third kappa shape index (κ3) is 5.56. The Balaban J connectivity index is 2.22. The van der Waals surface area contributed by atoms with Crippen molar-refractivity contribution in [3.05, 3.63) is 35.8 Å². The Morgan fingerprint density at radius 1 is 1.44 bits per heavy atom. The molecule has 0 aliphatic carbocycles. The highest BCUT2D eigenvalue weighted by Gasteiger charge is 2.26. The van der Waals surface area contributed by atoms with Crippen LogP contribution in [0, 0.1) is 5.82 Å². The second kappa shape index (κ2) is 9.03. The van der Waals surface area contributed by atoms with Gasteiger partial charge in [-0.05, 0) is 44.2 Å². The lowest BCUT2D eigenvalue weighted by Crippen LogP contribution is -2.49. The monoisotopic (exact) mass is 393 g/mol. The van der Waals surface area contributed by atoms with Crippen LogP contribution in [-0.2, 0) is 16.1 Å². The first-order valence-electron chi connectivity index (χ1n) is 8.47. The fourth-order valence-electron chi connectivity index (χ4n) is 2.41. The molecule has 1 atom stereocenters. The summed E-state index contributed by atoms with van der Waals surface area (Å²) in [5.41, 5.74) is -0.294. The number of rotatable bonds is 8. The van der Waals surface area contributed by atoms with Crippen LogP contribution >= 0.6 is 11.8 Å². The van der Waals surface area contributed by atoms with E-state index in [0.717, 1.165) is 12.0 Å². The number of hydrogen-bond donors (Lipinski definition) is 1. The van der Waals surface area contributed by atoms with Gasteiger partial charge in [-0.1, -0.05) is 12.1 Å². The van der Waals surface area contributed by atoms with Crippen molar-refractivity contribution in [1.29, 1.82) is 0 Å². The van der Waals surface area contributed by atoms with Gasteiger partial charge >= 0.3 is 0 Å². The van der Waals surface area contributed by atoms with E-state index in [2.05, 4.69) is 20.3 Å². The first-order valence-corrected chi connectivity index (χ1v) is 9.75. The maximum absolute atomic E-state index is 14.4. The minimum atomic E-state index is -0.848. The Labute approximate surface area is 162 Å². The number of fused-ring (bicyclic) bond motifs is 1. The molecule has 27 heavy (non-hydrogen) atoms. The predicted molar refractivity (Wildman–Crippen MR) is 107 cm³/mol. The summed E-state index contributed by atoms with van der Waals surface area (Å²) in [7, 11) is 1.43. The van der Waals surface area contributed by atoms with E-state index in [4.69, 9.17) is 4.74 Å². The van der Waals surface area contributed by atoms with E-state index in [1.54, 1.807) is 32.4 Å². The molecule has 1 heterocycles. The number of carbonyl (C=O) groups excluding carboxylic acids is 1. The van der Waals surface area contributed by atoms with Crippen LogP contribution in [-0.4, -0.2) is 41.4 Å². The van der Waals surface area contributed by atoms with Crippen molar-refractivity contribution in [2.45, 2.75) is 38.2 Å².